The number of rotatable bonds is 3. The molecule has 124 valence electrons. The van der Waals surface area contributed by atoms with Crippen LogP contribution in [0, 0.1) is 12.3 Å². The molecule has 0 amide bonds. The highest BCUT2D eigenvalue weighted by Crippen LogP contribution is 2.43. The zero-order valence-corrected chi connectivity index (χ0v) is 14.6. The standard InChI is InChI=1S/C26H20/c1-2-26(25-16-10-5-11-17-25)19-23(21-12-6-3-7-13-21)18-24(20-26)22-14-8-4-9-15-22/h1,3-19H,20H2. The van der Waals surface area contributed by atoms with Gasteiger partial charge in [-0.2, -0.15) is 0 Å². The molecule has 1 atom stereocenters. The summed E-state index contributed by atoms with van der Waals surface area (Å²) in [6.45, 7) is 0. The molecule has 1 aliphatic rings. The van der Waals surface area contributed by atoms with Crippen LogP contribution in [0.2, 0.25) is 0 Å². The van der Waals surface area contributed by atoms with Crippen molar-refractivity contribution in [2.75, 3.05) is 0 Å². The SMILES string of the molecule is C#CC1(c2ccccc2)C=C(c2ccccc2)C=C(c2ccccc2)C1. The van der Waals surface area contributed by atoms with Crippen LogP contribution < -0.4 is 0 Å². The van der Waals surface area contributed by atoms with Gasteiger partial charge in [-0.25, -0.2) is 0 Å². The van der Waals surface area contributed by atoms with E-state index in [0.29, 0.717) is 0 Å². The second-order valence-electron chi connectivity index (χ2n) is 6.66. The number of allylic oxidation sites excluding steroid dienone is 4. The van der Waals surface area contributed by atoms with Crippen LogP contribution in [-0.4, -0.2) is 0 Å². The summed E-state index contributed by atoms with van der Waals surface area (Å²) >= 11 is 0. The third-order valence-electron chi connectivity index (χ3n) is 5.00. The van der Waals surface area contributed by atoms with Crippen molar-refractivity contribution in [3.63, 3.8) is 0 Å². The van der Waals surface area contributed by atoms with Crippen molar-refractivity contribution in [3.05, 3.63) is 120 Å². The molecular formula is C26H20. The smallest absolute Gasteiger partial charge is 0.0789 e. The lowest BCUT2D eigenvalue weighted by molar-refractivity contribution is 0.716. The Hall–Kier alpha value is -3.30. The van der Waals surface area contributed by atoms with Gasteiger partial charge in [0.1, 0.15) is 0 Å². The van der Waals surface area contributed by atoms with Crippen LogP contribution in [0.3, 0.4) is 0 Å². The van der Waals surface area contributed by atoms with Gasteiger partial charge in [-0.1, -0.05) is 109 Å². The Morgan fingerprint density at radius 1 is 0.692 bits per heavy atom. The topological polar surface area (TPSA) is 0 Å². The molecule has 0 aliphatic heterocycles. The number of benzene rings is 3. The number of terminal acetylenes is 1. The second-order valence-corrected chi connectivity index (χ2v) is 6.66. The van der Waals surface area contributed by atoms with Crippen LogP contribution in [0.1, 0.15) is 23.1 Å². The van der Waals surface area contributed by atoms with E-state index in [1.54, 1.807) is 0 Å². The summed E-state index contributed by atoms with van der Waals surface area (Å²) in [6, 6.07) is 31.4. The summed E-state index contributed by atoms with van der Waals surface area (Å²) in [4.78, 5) is 0. The third-order valence-corrected chi connectivity index (χ3v) is 5.00. The molecule has 0 fully saturated rings. The Morgan fingerprint density at radius 2 is 1.23 bits per heavy atom. The molecule has 1 aliphatic carbocycles. The maximum Gasteiger partial charge on any atom is 0.0789 e. The van der Waals surface area contributed by atoms with Crippen molar-refractivity contribution < 1.29 is 0 Å². The van der Waals surface area contributed by atoms with Crippen LogP contribution in [0.5, 0.6) is 0 Å². The molecule has 3 aromatic rings. The van der Waals surface area contributed by atoms with Gasteiger partial charge in [-0.15, -0.1) is 6.42 Å². The highest BCUT2D eigenvalue weighted by molar-refractivity contribution is 5.88. The van der Waals surface area contributed by atoms with E-state index in [-0.39, 0.29) is 0 Å². The first kappa shape index (κ1) is 16.2. The molecule has 0 aromatic heterocycles. The van der Waals surface area contributed by atoms with Crippen molar-refractivity contribution >= 4 is 11.1 Å². The normalized spacial score (nSPS) is 19.2. The average Bonchev–Trinajstić information content (AvgIpc) is 2.75. The predicted molar refractivity (Wildman–Crippen MR) is 110 cm³/mol. The van der Waals surface area contributed by atoms with Crippen molar-refractivity contribution in [1.29, 1.82) is 0 Å². The molecule has 0 saturated heterocycles. The van der Waals surface area contributed by atoms with Gasteiger partial charge >= 0.3 is 0 Å². The summed E-state index contributed by atoms with van der Waals surface area (Å²) in [6.07, 6.45) is 11.5. The van der Waals surface area contributed by atoms with Gasteiger partial charge in [-0.3, -0.25) is 0 Å². The number of hydrogen-bond donors (Lipinski definition) is 0. The molecule has 0 saturated carbocycles. The van der Waals surface area contributed by atoms with Gasteiger partial charge < -0.3 is 0 Å². The maximum atomic E-state index is 6.13. The molecule has 0 heterocycles. The van der Waals surface area contributed by atoms with E-state index in [1.807, 2.05) is 18.2 Å². The van der Waals surface area contributed by atoms with Gasteiger partial charge in [-0.05, 0) is 34.3 Å². The monoisotopic (exact) mass is 332 g/mol. The molecule has 26 heavy (non-hydrogen) atoms. The summed E-state index contributed by atoms with van der Waals surface area (Å²) in [5.41, 5.74) is 5.59. The van der Waals surface area contributed by atoms with Crippen LogP contribution in [0.15, 0.2) is 103 Å². The Morgan fingerprint density at radius 3 is 1.81 bits per heavy atom. The fourth-order valence-corrected chi connectivity index (χ4v) is 3.63. The van der Waals surface area contributed by atoms with Crippen molar-refractivity contribution in [2.24, 2.45) is 0 Å². The van der Waals surface area contributed by atoms with Gasteiger partial charge in [0.15, 0.2) is 0 Å². The van der Waals surface area contributed by atoms with Crippen LogP contribution in [0.25, 0.3) is 11.1 Å². The minimum absolute atomic E-state index is 0.438. The largest absolute Gasteiger partial charge is 0.119 e. The molecule has 0 bridgehead atoms. The van der Waals surface area contributed by atoms with Crippen molar-refractivity contribution in [3.8, 4) is 12.3 Å². The van der Waals surface area contributed by atoms with E-state index in [9.17, 15) is 0 Å². The van der Waals surface area contributed by atoms with Gasteiger partial charge in [0.25, 0.3) is 0 Å². The third kappa shape index (κ3) is 3.01. The first-order valence-corrected chi connectivity index (χ1v) is 8.88. The summed E-state index contributed by atoms with van der Waals surface area (Å²) in [5, 5.41) is 0. The van der Waals surface area contributed by atoms with Gasteiger partial charge in [0.2, 0.25) is 0 Å². The fourth-order valence-electron chi connectivity index (χ4n) is 3.63. The zero-order valence-electron chi connectivity index (χ0n) is 14.6. The zero-order chi connectivity index (χ0) is 17.8. The van der Waals surface area contributed by atoms with Crippen LogP contribution in [0.4, 0.5) is 0 Å². The maximum absolute atomic E-state index is 6.13. The average molecular weight is 332 g/mol. The minimum atomic E-state index is -0.438. The lowest BCUT2D eigenvalue weighted by atomic mass is 9.70. The lowest BCUT2D eigenvalue weighted by Gasteiger charge is -2.32. The van der Waals surface area contributed by atoms with E-state index < -0.39 is 5.41 Å². The summed E-state index contributed by atoms with van der Waals surface area (Å²) in [5.74, 6) is 3.12. The highest BCUT2D eigenvalue weighted by atomic mass is 14.3. The van der Waals surface area contributed by atoms with E-state index in [2.05, 4.69) is 90.9 Å². The van der Waals surface area contributed by atoms with Crippen molar-refractivity contribution in [1.82, 2.24) is 0 Å². The summed E-state index contributed by atoms with van der Waals surface area (Å²) in [7, 11) is 0. The molecule has 0 nitrogen and oxygen atoms in total. The predicted octanol–water partition coefficient (Wildman–Crippen LogP) is 6.13. The highest BCUT2D eigenvalue weighted by Gasteiger charge is 2.32. The Bertz CT molecular complexity index is 986. The van der Waals surface area contributed by atoms with Crippen molar-refractivity contribution in [2.45, 2.75) is 11.8 Å². The second kappa shape index (κ2) is 6.90. The molecule has 3 aromatic carbocycles. The van der Waals surface area contributed by atoms with Gasteiger partial charge in [0, 0.05) is 0 Å². The first-order chi connectivity index (χ1) is 12.8. The quantitative estimate of drug-likeness (QED) is 0.506. The first-order valence-electron chi connectivity index (χ1n) is 8.88. The van der Waals surface area contributed by atoms with E-state index in [0.717, 1.165) is 12.0 Å². The fraction of sp³-hybridized carbons (Fsp3) is 0.0769. The molecule has 4 rings (SSSR count). The lowest BCUT2D eigenvalue weighted by Crippen LogP contribution is -2.24. The Kier molecular flexibility index (Phi) is 4.30. The van der Waals surface area contributed by atoms with E-state index in [4.69, 9.17) is 6.42 Å². The summed E-state index contributed by atoms with van der Waals surface area (Å²) < 4.78 is 0. The molecule has 1 unspecified atom stereocenters. The Balaban J connectivity index is 1.90. The molecule has 0 N–H and O–H groups in total. The van der Waals surface area contributed by atoms with Crippen LogP contribution >= 0.6 is 0 Å². The molecule has 0 heteroatoms. The van der Waals surface area contributed by atoms with Gasteiger partial charge in [0.05, 0.1) is 5.41 Å². The Labute approximate surface area is 155 Å². The molecule has 0 radical (unpaired) electrons. The van der Waals surface area contributed by atoms with E-state index in [1.165, 1.54) is 22.3 Å². The van der Waals surface area contributed by atoms with E-state index >= 15 is 0 Å². The molecule has 0 spiro atoms. The molecular weight excluding hydrogens is 312 g/mol. The minimum Gasteiger partial charge on any atom is -0.119 e. The van der Waals surface area contributed by atoms with Crippen LogP contribution in [-0.2, 0) is 5.41 Å². The number of hydrogen-bond acceptors (Lipinski definition) is 0.